The molecule has 1 aromatic rings. The molecule has 0 heterocycles. The molecule has 0 aromatic heterocycles. The van der Waals surface area contributed by atoms with Gasteiger partial charge in [0.05, 0.1) is 0 Å². The Kier molecular flexibility index (Phi) is 6.19. The maximum atomic E-state index is 13.1. The minimum atomic E-state index is -0.283. The topological polar surface area (TPSA) is 50.4 Å². The van der Waals surface area contributed by atoms with E-state index in [2.05, 4.69) is 10.6 Å². The van der Waals surface area contributed by atoms with Crippen molar-refractivity contribution in [2.24, 2.45) is 0 Å². The number of ether oxygens (including phenoxy) is 1. The highest BCUT2D eigenvalue weighted by atomic mass is 19.1. The van der Waals surface area contributed by atoms with Gasteiger partial charge in [0.1, 0.15) is 17.7 Å². The Balaban J connectivity index is 1.67. The van der Waals surface area contributed by atoms with E-state index >= 15 is 0 Å². The highest BCUT2D eigenvalue weighted by Crippen LogP contribution is 2.19. The van der Waals surface area contributed by atoms with Crippen LogP contribution in [0.5, 0.6) is 5.75 Å². The van der Waals surface area contributed by atoms with Crippen molar-refractivity contribution in [2.75, 3.05) is 6.54 Å². The third-order valence-electron chi connectivity index (χ3n) is 3.96. The zero-order chi connectivity index (χ0) is 15.9. The van der Waals surface area contributed by atoms with Gasteiger partial charge in [0.15, 0.2) is 0 Å². The molecule has 1 saturated carbocycles. The lowest BCUT2D eigenvalue weighted by molar-refractivity contribution is -0.119. The summed E-state index contributed by atoms with van der Waals surface area (Å²) in [7, 11) is 0. The summed E-state index contributed by atoms with van der Waals surface area (Å²) in [6.07, 6.45) is 4.11. The van der Waals surface area contributed by atoms with E-state index in [1.165, 1.54) is 12.1 Å². The Morgan fingerprint density at radius 1 is 1.32 bits per heavy atom. The fraction of sp³-hybridized carbons (Fsp3) is 0.588. The maximum Gasteiger partial charge on any atom is 0.217 e. The second-order valence-corrected chi connectivity index (χ2v) is 6.04. The van der Waals surface area contributed by atoms with Crippen molar-refractivity contribution in [2.45, 2.75) is 57.7 Å². The molecular weight excluding hydrogens is 283 g/mol. The molecule has 1 aliphatic rings. The molecule has 0 bridgehead atoms. The Bertz CT molecular complexity index is 487. The van der Waals surface area contributed by atoms with Crippen LogP contribution in [0, 0.1) is 5.82 Å². The minimum Gasteiger partial charge on any atom is -0.489 e. The van der Waals surface area contributed by atoms with Crippen LogP contribution in [0.15, 0.2) is 24.3 Å². The largest absolute Gasteiger partial charge is 0.489 e. The summed E-state index contributed by atoms with van der Waals surface area (Å²) in [5, 5.41) is 6.48. The number of benzene rings is 1. The van der Waals surface area contributed by atoms with E-state index in [9.17, 15) is 9.18 Å². The lowest BCUT2D eigenvalue weighted by Gasteiger charge is -2.30. The van der Waals surface area contributed by atoms with Crippen molar-refractivity contribution in [1.29, 1.82) is 0 Å². The van der Waals surface area contributed by atoms with Gasteiger partial charge in [0, 0.05) is 31.6 Å². The summed E-state index contributed by atoms with van der Waals surface area (Å²) in [6, 6.07) is 6.99. The van der Waals surface area contributed by atoms with E-state index in [4.69, 9.17) is 4.74 Å². The summed E-state index contributed by atoms with van der Waals surface area (Å²) < 4.78 is 18.8. The van der Waals surface area contributed by atoms with Gasteiger partial charge in [-0.25, -0.2) is 4.39 Å². The second-order valence-electron chi connectivity index (χ2n) is 6.04. The number of hydrogen-bond acceptors (Lipinski definition) is 3. The molecule has 0 aliphatic heterocycles. The fourth-order valence-corrected chi connectivity index (χ4v) is 2.88. The molecule has 5 heteroatoms. The summed E-state index contributed by atoms with van der Waals surface area (Å²) >= 11 is 0. The van der Waals surface area contributed by atoms with Gasteiger partial charge in [-0.15, -0.1) is 0 Å². The van der Waals surface area contributed by atoms with Crippen LogP contribution in [0.3, 0.4) is 0 Å². The predicted molar refractivity (Wildman–Crippen MR) is 84.4 cm³/mol. The van der Waals surface area contributed by atoms with Crippen LogP contribution in [-0.4, -0.2) is 30.6 Å². The quantitative estimate of drug-likeness (QED) is 0.849. The molecule has 0 spiro atoms. The van der Waals surface area contributed by atoms with Gasteiger partial charge >= 0.3 is 0 Å². The second kappa shape index (κ2) is 8.13. The maximum absolute atomic E-state index is 13.1. The first-order chi connectivity index (χ1) is 10.5. The molecular formula is C17H25FN2O2. The third kappa shape index (κ3) is 5.64. The molecule has 1 aromatic carbocycles. The van der Waals surface area contributed by atoms with Crippen LogP contribution in [0.2, 0.25) is 0 Å². The molecule has 1 atom stereocenters. The number of hydrogen-bond donors (Lipinski definition) is 2. The van der Waals surface area contributed by atoms with Gasteiger partial charge in [-0.05, 0) is 44.7 Å². The number of carbonyl (C=O) groups is 1. The summed E-state index contributed by atoms with van der Waals surface area (Å²) in [4.78, 5) is 11.0. The average Bonchev–Trinajstić information content (AvgIpc) is 2.46. The molecule has 22 heavy (non-hydrogen) atoms. The Labute approximate surface area is 131 Å². The lowest BCUT2D eigenvalue weighted by Crippen LogP contribution is -2.43. The van der Waals surface area contributed by atoms with Crippen LogP contribution >= 0.6 is 0 Å². The van der Waals surface area contributed by atoms with E-state index in [1.807, 2.05) is 6.92 Å². The molecule has 0 saturated heterocycles. The van der Waals surface area contributed by atoms with Gasteiger partial charge in [0.2, 0.25) is 5.91 Å². The standard InChI is InChI=1S/C17H25FN2O2/c1-12(22-17-5-3-4-14(18)10-17)11-19-15-6-8-16(9-7-15)20-13(2)21/h3-5,10,12,15-16,19H,6-9,11H2,1-2H3,(H,20,21)/t12-,15?,16?/m1/s1. The molecule has 2 N–H and O–H groups in total. The third-order valence-corrected chi connectivity index (χ3v) is 3.96. The summed E-state index contributed by atoms with van der Waals surface area (Å²) in [5.74, 6) is 0.325. The van der Waals surface area contributed by atoms with Crippen molar-refractivity contribution in [3.8, 4) is 5.75 Å². The highest BCUT2D eigenvalue weighted by Gasteiger charge is 2.21. The molecule has 1 aliphatic carbocycles. The van der Waals surface area contributed by atoms with Gasteiger partial charge < -0.3 is 15.4 Å². The molecule has 0 radical (unpaired) electrons. The molecule has 4 nitrogen and oxygen atoms in total. The lowest BCUT2D eigenvalue weighted by atomic mass is 9.91. The number of carbonyl (C=O) groups excluding carboxylic acids is 1. The van der Waals surface area contributed by atoms with Gasteiger partial charge in [-0.2, -0.15) is 0 Å². The molecule has 122 valence electrons. The van der Waals surface area contributed by atoms with Crippen LogP contribution in [-0.2, 0) is 4.79 Å². The monoisotopic (exact) mass is 308 g/mol. The zero-order valence-electron chi connectivity index (χ0n) is 13.3. The first kappa shape index (κ1) is 16.7. The van der Waals surface area contributed by atoms with Crippen molar-refractivity contribution in [3.05, 3.63) is 30.1 Å². The van der Waals surface area contributed by atoms with E-state index in [0.717, 1.165) is 32.2 Å². The normalized spacial score (nSPS) is 22.9. The van der Waals surface area contributed by atoms with Crippen LogP contribution in [0.4, 0.5) is 4.39 Å². The Morgan fingerprint density at radius 3 is 2.64 bits per heavy atom. The van der Waals surface area contributed by atoms with E-state index in [1.54, 1.807) is 19.1 Å². The first-order valence-electron chi connectivity index (χ1n) is 7.95. The molecule has 2 rings (SSSR count). The van der Waals surface area contributed by atoms with E-state index < -0.39 is 0 Å². The Hall–Kier alpha value is -1.62. The minimum absolute atomic E-state index is 0.0186. The van der Waals surface area contributed by atoms with Gasteiger partial charge in [0.25, 0.3) is 0 Å². The number of amides is 1. The first-order valence-corrected chi connectivity index (χ1v) is 7.95. The number of rotatable bonds is 6. The van der Waals surface area contributed by atoms with Gasteiger partial charge in [-0.3, -0.25) is 4.79 Å². The molecule has 0 unspecified atom stereocenters. The van der Waals surface area contributed by atoms with E-state index in [-0.39, 0.29) is 17.8 Å². The summed E-state index contributed by atoms with van der Waals surface area (Å²) in [5.41, 5.74) is 0. The smallest absolute Gasteiger partial charge is 0.217 e. The van der Waals surface area contributed by atoms with Crippen molar-refractivity contribution < 1.29 is 13.9 Å². The molecule has 1 fully saturated rings. The predicted octanol–water partition coefficient (Wildman–Crippen LogP) is 2.63. The number of halogens is 1. The summed E-state index contributed by atoms with van der Waals surface area (Å²) in [6.45, 7) is 4.27. The van der Waals surface area contributed by atoms with Crippen LogP contribution in [0.25, 0.3) is 0 Å². The van der Waals surface area contributed by atoms with Crippen LogP contribution < -0.4 is 15.4 Å². The van der Waals surface area contributed by atoms with E-state index in [0.29, 0.717) is 17.8 Å². The van der Waals surface area contributed by atoms with Crippen molar-refractivity contribution >= 4 is 5.91 Å². The highest BCUT2D eigenvalue weighted by molar-refractivity contribution is 5.73. The Morgan fingerprint density at radius 2 is 2.00 bits per heavy atom. The average molecular weight is 308 g/mol. The van der Waals surface area contributed by atoms with Crippen molar-refractivity contribution in [1.82, 2.24) is 10.6 Å². The number of nitrogens with one attached hydrogen (secondary N) is 2. The molecule has 1 amide bonds. The van der Waals surface area contributed by atoms with Crippen molar-refractivity contribution in [3.63, 3.8) is 0 Å². The van der Waals surface area contributed by atoms with Crippen LogP contribution in [0.1, 0.15) is 39.5 Å². The fourth-order valence-electron chi connectivity index (χ4n) is 2.88. The zero-order valence-corrected chi connectivity index (χ0v) is 13.3. The van der Waals surface area contributed by atoms with Gasteiger partial charge in [-0.1, -0.05) is 6.07 Å². The SMILES string of the molecule is CC(=O)NC1CCC(NC[C@@H](C)Oc2cccc(F)c2)CC1.